The molecule has 0 aromatic carbocycles. The van der Waals surface area contributed by atoms with Crippen LogP contribution in [-0.4, -0.2) is 5.11 Å². The van der Waals surface area contributed by atoms with Crippen LogP contribution < -0.4 is 29.6 Å². The Morgan fingerprint density at radius 2 is 2.00 bits per heavy atom. The van der Waals surface area contributed by atoms with Crippen LogP contribution in [0.3, 0.4) is 0 Å². The van der Waals surface area contributed by atoms with Gasteiger partial charge in [-0.05, 0) is 6.92 Å². The molecule has 11 heavy (non-hydrogen) atoms. The van der Waals surface area contributed by atoms with E-state index < -0.39 is 0 Å². The van der Waals surface area contributed by atoms with E-state index in [0.717, 1.165) is 6.26 Å². The summed E-state index contributed by atoms with van der Waals surface area (Å²) in [7, 11) is 0. The van der Waals surface area contributed by atoms with Gasteiger partial charge in [0.2, 0.25) is 0 Å². The van der Waals surface area contributed by atoms with E-state index in [1.807, 2.05) is 13.0 Å². The monoisotopic (exact) mass is 162 g/mol. The van der Waals surface area contributed by atoms with E-state index in [4.69, 9.17) is 15.6 Å². The van der Waals surface area contributed by atoms with Crippen molar-refractivity contribution in [2.24, 2.45) is 0 Å². The minimum absolute atomic E-state index is 0. The van der Waals surface area contributed by atoms with Crippen molar-refractivity contribution < 1.29 is 36.1 Å². The van der Waals surface area contributed by atoms with Crippen LogP contribution in [-0.2, 0) is 0 Å². The van der Waals surface area contributed by atoms with Crippen LogP contribution in [0.4, 0.5) is 0 Å². The van der Waals surface area contributed by atoms with Gasteiger partial charge < -0.3 is 6.53 Å². The molecular weight excluding hydrogens is 151 g/mol. The number of allylic oxidation sites excluding steroid dienone is 1. The van der Waals surface area contributed by atoms with Crippen LogP contribution >= 0.6 is 0 Å². The zero-order valence-corrected chi connectivity index (χ0v) is 9.13. The first-order chi connectivity index (χ1) is 4.72. The maximum Gasteiger partial charge on any atom is 1.00 e. The Kier molecular flexibility index (Phi) is 24.9. The first-order valence-corrected chi connectivity index (χ1v) is 2.80. The zero-order valence-electron chi connectivity index (χ0n) is 8.13. The van der Waals surface area contributed by atoms with Crippen molar-refractivity contribution in [3.05, 3.63) is 11.8 Å². The van der Waals surface area contributed by atoms with Gasteiger partial charge in [0.05, 0.1) is 24.0 Å². The van der Waals surface area contributed by atoms with E-state index in [9.17, 15) is 0 Å². The van der Waals surface area contributed by atoms with Crippen molar-refractivity contribution in [3.63, 3.8) is 0 Å². The number of nitrogens with zero attached hydrogens (tertiary/aromatic N) is 2. The maximum atomic E-state index is 7.95. The number of hydrogen-bond donors (Lipinski definition) is 1. The van der Waals surface area contributed by atoms with E-state index in [1.165, 1.54) is 6.92 Å². The molecule has 0 aliphatic rings. The van der Waals surface area contributed by atoms with Gasteiger partial charge in [-0.2, -0.15) is 10.5 Å². The number of aliphatic hydroxyl groups is 1. The summed E-state index contributed by atoms with van der Waals surface area (Å²) in [6.07, 6.45) is 1.40. The van der Waals surface area contributed by atoms with Gasteiger partial charge in [0.25, 0.3) is 0 Å². The van der Waals surface area contributed by atoms with Gasteiger partial charge in [0.1, 0.15) is 0 Å². The molecule has 0 aliphatic heterocycles. The van der Waals surface area contributed by atoms with Crippen LogP contribution in [0.25, 0.3) is 0 Å². The average molecular weight is 162 g/mol. The molecule has 0 fully saturated rings. The van der Waals surface area contributed by atoms with Crippen molar-refractivity contribution in [1.29, 1.82) is 10.5 Å². The second-order valence-electron chi connectivity index (χ2n) is 1.44. The molecule has 0 amide bonds. The van der Waals surface area contributed by atoms with Crippen LogP contribution in [0.2, 0.25) is 0 Å². The van der Waals surface area contributed by atoms with Gasteiger partial charge in [0.15, 0.2) is 0 Å². The predicted octanol–water partition coefficient (Wildman–Crippen LogP) is -0.992. The third kappa shape index (κ3) is 26.4. The Bertz CT molecular complexity index is 181. The maximum absolute atomic E-state index is 7.95. The topological polar surface area (TPSA) is 67.8 Å². The number of aliphatic hydroxyl groups excluding tert-OH is 1. The summed E-state index contributed by atoms with van der Waals surface area (Å²) in [5.41, 5.74) is 0.329. The predicted molar refractivity (Wildman–Crippen MR) is 39.0 cm³/mol. The van der Waals surface area contributed by atoms with Crippen LogP contribution in [0.1, 0.15) is 21.7 Å². The number of rotatable bonds is 0. The van der Waals surface area contributed by atoms with Crippen LogP contribution in [0.5, 0.6) is 0 Å². The molecule has 0 heterocycles. The van der Waals surface area contributed by atoms with Crippen molar-refractivity contribution in [1.82, 2.24) is 0 Å². The molecule has 0 rings (SSSR count). The molecule has 0 aliphatic carbocycles. The van der Waals surface area contributed by atoms with Gasteiger partial charge in [-0.15, -0.1) is 0 Å². The summed E-state index contributed by atoms with van der Waals surface area (Å²) in [4.78, 5) is 0. The largest absolute Gasteiger partial charge is 1.00 e. The minimum Gasteiger partial charge on any atom is -1.00 e. The average Bonchev–Trinajstić information content (AvgIpc) is 2.03. The summed E-state index contributed by atoms with van der Waals surface area (Å²) in [5, 5.41) is 23.4. The fourth-order valence-electron chi connectivity index (χ4n) is 0.0289. The third-order valence-electron chi connectivity index (χ3n) is 0.528. The summed E-state index contributed by atoms with van der Waals surface area (Å²) in [6, 6.07) is 3.66. The van der Waals surface area contributed by atoms with Crippen molar-refractivity contribution >= 4 is 0 Å². The molecule has 0 aromatic rings. The normalized spacial score (nSPS) is 7.45. The molecule has 0 spiro atoms. The molecule has 0 aromatic heterocycles. The zero-order chi connectivity index (χ0) is 8.41. The molecule has 0 saturated carbocycles. The summed E-state index contributed by atoms with van der Waals surface area (Å²) in [6.45, 7) is 3.35. The Balaban J connectivity index is -0.0000000483. The SMILES string of the molecule is CC(C#N)=CO.CCC#N.[H-].[Na+]. The van der Waals surface area contributed by atoms with Gasteiger partial charge >= 0.3 is 29.6 Å². The molecule has 3 nitrogen and oxygen atoms in total. The Hall–Kier alpha value is -0.480. The Morgan fingerprint density at radius 1 is 1.64 bits per heavy atom. The summed E-state index contributed by atoms with van der Waals surface area (Å²) in [5.74, 6) is 0. The van der Waals surface area contributed by atoms with Gasteiger partial charge in [-0.25, -0.2) is 0 Å². The molecule has 56 valence electrons. The number of hydrogen-bond acceptors (Lipinski definition) is 3. The molecule has 4 heteroatoms. The summed E-state index contributed by atoms with van der Waals surface area (Å²) < 4.78 is 0. The van der Waals surface area contributed by atoms with Gasteiger partial charge in [-0.3, -0.25) is 0 Å². The second kappa shape index (κ2) is 16.3. The van der Waals surface area contributed by atoms with Crippen molar-refractivity contribution in [2.45, 2.75) is 20.3 Å². The second-order valence-corrected chi connectivity index (χ2v) is 1.44. The van der Waals surface area contributed by atoms with E-state index >= 15 is 0 Å². The van der Waals surface area contributed by atoms with Crippen molar-refractivity contribution in [2.75, 3.05) is 0 Å². The molecule has 1 N–H and O–H groups in total. The standard InChI is InChI=1S/C4H5NO.C3H5N.Na.H/c1-4(2-5)3-6;1-2-3-4;;/h3,6H,1H3;2H2,1H3;;/q;;+1;-1. The molecule has 0 saturated heterocycles. The molecule has 0 bridgehead atoms. The minimum atomic E-state index is 0. The van der Waals surface area contributed by atoms with Crippen LogP contribution in [0.15, 0.2) is 11.8 Å². The molecule has 0 radical (unpaired) electrons. The Morgan fingerprint density at radius 3 is 2.00 bits per heavy atom. The van der Waals surface area contributed by atoms with Gasteiger partial charge in [0, 0.05) is 6.42 Å². The van der Waals surface area contributed by atoms with E-state index in [0.29, 0.717) is 12.0 Å². The first-order valence-electron chi connectivity index (χ1n) is 2.80. The van der Waals surface area contributed by atoms with Crippen molar-refractivity contribution in [3.8, 4) is 12.1 Å². The molecule has 0 atom stereocenters. The van der Waals surface area contributed by atoms with E-state index in [1.54, 1.807) is 6.07 Å². The first kappa shape index (κ1) is 16.9. The smallest absolute Gasteiger partial charge is 1.00 e. The van der Waals surface area contributed by atoms with Gasteiger partial charge in [-0.1, -0.05) is 6.92 Å². The third-order valence-corrected chi connectivity index (χ3v) is 0.528. The number of nitriles is 2. The summed E-state index contributed by atoms with van der Waals surface area (Å²) >= 11 is 0. The molecular formula is C7H11N2NaO. The van der Waals surface area contributed by atoms with E-state index in [-0.39, 0.29) is 31.0 Å². The van der Waals surface area contributed by atoms with Crippen LogP contribution in [0, 0.1) is 22.7 Å². The molecule has 0 unspecified atom stereocenters. The Labute approximate surface area is 90.7 Å². The fourth-order valence-corrected chi connectivity index (χ4v) is 0.0289. The quantitative estimate of drug-likeness (QED) is 0.282. The van der Waals surface area contributed by atoms with E-state index in [2.05, 4.69) is 0 Å². The fraction of sp³-hybridized carbons (Fsp3) is 0.429.